The quantitative estimate of drug-likeness (QED) is 0.560. The first-order chi connectivity index (χ1) is 12.7. The van der Waals surface area contributed by atoms with E-state index in [1.165, 1.54) is 6.92 Å². The van der Waals surface area contributed by atoms with Crippen LogP contribution in [-0.2, 0) is 14.3 Å². The molecule has 0 saturated carbocycles. The number of ketones is 1. The molecule has 0 aliphatic heterocycles. The molecule has 1 amide bonds. The highest BCUT2D eigenvalue weighted by Gasteiger charge is 2.20. The highest BCUT2D eigenvalue weighted by molar-refractivity contribution is 7.12. The van der Waals surface area contributed by atoms with Crippen LogP contribution in [0.4, 0.5) is 5.69 Å². The summed E-state index contributed by atoms with van der Waals surface area (Å²) in [6.07, 6.45) is -0.909. The number of esters is 1. The summed E-state index contributed by atoms with van der Waals surface area (Å²) in [5, 5.41) is 2.76. The van der Waals surface area contributed by atoms with Crippen LogP contribution >= 0.6 is 11.3 Å². The molecule has 5 nitrogen and oxygen atoms in total. The Hall–Kier alpha value is -2.47. The Morgan fingerprint density at radius 2 is 1.78 bits per heavy atom. The van der Waals surface area contributed by atoms with Crippen LogP contribution in [0.1, 0.15) is 51.0 Å². The van der Waals surface area contributed by atoms with E-state index in [0.717, 1.165) is 20.9 Å². The van der Waals surface area contributed by atoms with Crippen molar-refractivity contribution in [3.63, 3.8) is 0 Å². The van der Waals surface area contributed by atoms with Crippen molar-refractivity contribution in [2.75, 3.05) is 5.32 Å². The van der Waals surface area contributed by atoms with E-state index in [-0.39, 0.29) is 18.6 Å². The van der Waals surface area contributed by atoms with Gasteiger partial charge in [0.15, 0.2) is 11.9 Å². The maximum atomic E-state index is 12.2. The van der Waals surface area contributed by atoms with Crippen molar-refractivity contribution in [1.29, 1.82) is 0 Å². The molecule has 1 aromatic heterocycles. The van der Waals surface area contributed by atoms with Crippen LogP contribution < -0.4 is 5.32 Å². The van der Waals surface area contributed by atoms with Crippen LogP contribution in [0.25, 0.3) is 0 Å². The van der Waals surface area contributed by atoms with E-state index < -0.39 is 18.0 Å². The minimum Gasteiger partial charge on any atom is -0.453 e. The number of amides is 1. The molecule has 0 spiro atoms. The molecule has 0 aliphatic rings. The van der Waals surface area contributed by atoms with Gasteiger partial charge in [-0.15, -0.1) is 11.3 Å². The Kier molecular flexibility index (Phi) is 6.91. The number of anilines is 1. The summed E-state index contributed by atoms with van der Waals surface area (Å²) in [5.74, 6) is -1.04. The molecule has 1 heterocycles. The molecule has 0 aliphatic carbocycles. The zero-order valence-corrected chi connectivity index (χ0v) is 17.2. The lowest BCUT2D eigenvalue weighted by Gasteiger charge is -2.15. The molecule has 1 atom stereocenters. The normalized spacial score (nSPS) is 11.7. The highest BCUT2D eigenvalue weighted by Crippen LogP contribution is 2.22. The number of nitrogens with one attached hydrogen (secondary N) is 1. The molecule has 0 bridgehead atoms. The van der Waals surface area contributed by atoms with E-state index >= 15 is 0 Å². The summed E-state index contributed by atoms with van der Waals surface area (Å²) >= 11 is 1.56. The maximum Gasteiger partial charge on any atom is 0.307 e. The fourth-order valence-corrected chi connectivity index (χ4v) is 3.70. The Morgan fingerprint density at radius 1 is 1.07 bits per heavy atom. The molecule has 6 heteroatoms. The smallest absolute Gasteiger partial charge is 0.307 e. The number of aryl methyl sites for hydroxylation is 4. The van der Waals surface area contributed by atoms with E-state index in [1.807, 2.05) is 52.0 Å². The third-order valence-corrected chi connectivity index (χ3v) is 5.18. The Balaban J connectivity index is 1.84. The minimum atomic E-state index is -0.932. The topological polar surface area (TPSA) is 72.5 Å². The van der Waals surface area contributed by atoms with Gasteiger partial charge in [-0.3, -0.25) is 14.4 Å². The number of ether oxygens (including phenoxy) is 1. The van der Waals surface area contributed by atoms with E-state index in [9.17, 15) is 14.4 Å². The lowest BCUT2D eigenvalue weighted by molar-refractivity contribution is -0.153. The number of benzene rings is 1. The molecule has 1 aromatic carbocycles. The van der Waals surface area contributed by atoms with Crippen LogP contribution in [0.5, 0.6) is 0 Å². The summed E-state index contributed by atoms with van der Waals surface area (Å²) < 4.78 is 5.17. The third-order valence-electron chi connectivity index (χ3n) is 4.21. The number of thiophene rings is 1. The van der Waals surface area contributed by atoms with Gasteiger partial charge in [0.25, 0.3) is 5.91 Å². The lowest BCUT2D eigenvalue weighted by Crippen LogP contribution is -2.30. The van der Waals surface area contributed by atoms with E-state index in [0.29, 0.717) is 11.3 Å². The van der Waals surface area contributed by atoms with Crippen LogP contribution in [0.2, 0.25) is 0 Å². The first-order valence-corrected chi connectivity index (χ1v) is 9.67. The fraction of sp³-hybridized carbons (Fsp3) is 0.381. The van der Waals surface area contributed by atoms with Crippen LogP contribution in [0.15, 0.2) is 24.3 Å². The average Bonchev–Trinajstić information content (AvgIpc) is 2.93. The van der Waals surface area contributed by atoms with Gasteiger partial charge in [-0.25, -0.2) is 0 Å². The molecule has 0 radical (unpaired) electrons. The van der Waals surface area contributed by atoms with Gasteiger partial charge >= 0.3 is 5.97 Å². The second-order valence-corrected chi connectivity index (χ2v) is 8.15. The summed E-state index contributed by atoms with van der Waals surface area (Å²) in [4.78, 5) is 38.5. The van der Waals surface area contributed by atoms with E-state index in [4.69, 9.17) is 4.74 Å². The molecule has 27 heavy (non-hydrogen) atoms. The first kappa shape index (κ1) is 20.8. The zero-order chi connectivity index (χ0) is 20.1. The number of carbonyl (C=O) groups excluding carboxylic acids is 3. The first-order valence-electron chi connectivity index (χ1n) is 8.85. The van der Waals surface area contributed by atoms with Crippen molar-refractivity contribution in [3.05, 3.63) is 50.7 Å². The minimum absolute atomic E-state index is 0.0473. The lowest BCUT2D eigenvalue weighted by atomic mass is 10.1. The second-order valence-electron chi connectivity index (χ2n) is 6.69. The summed E-state index contributed by atoms with van der Waals surface area (Å²) in [5.41, 5.74) is 3.39. The molecule has 0 fully saturated rings. The van der Waals surface area contributed by atoms with E-state index in [2.05, 4.69) is 5.32 Å². The Bertz CT molecular complexity index is 869. The molecule has 144 valence electrons. The number of hydrogen-bond acceptors (Lipinski definition) is 5. The van der Waals surface area contributed by atoms with Crippen LogP contribution in [-0.4, -0.2) is 23.8 Å². The average molecular weight is 388 g/mol. The van der Waals surface area contributed by atoms with Crippen molar-refractivity contribution in [3.8, 4) is 0 Å². The molecular formula is C21H25NO4S. The number of carbonyl (C=O) groups is 3. The van der Waals surface area contributed by atoms with Gasteiger partial charge in [0.2, 0.25) is 0 Å². The van der Waals surface area contributed by atoms with Gasteiger partial charge < -0.3 is 10.1 Å². The number of hydrogen-bond donors (Lipinski definition) is 1. The number of rotatable bonds is 7. The standard InChI is InChI=1S/C21H25NO4S/c1-12-6-7-18(13(2)10-12)22-21(25)15(4)26-20(24)9-8-19(23)17-11-14(3)27-16(17)5/h6-7,10-11,15H,8-9H2,1-5H3,(H,22,25). The molecule has 2 rings (SSSR count). The van der Waals surface area contributed by atoms with Crippen molar-refractivity contribution in [1.82, 2.24) is 0 Å². The summed E-state index contributed by atoms with van der Waals surface area (Å²) in [7, 11) is 0. The van der Waals surface area contributed by atoms with Gasteiger partial charge in [0.05, 0.1) is 6.42 Å². The monoisotopic (exact) mass is 387 g/mol. The van der Waals surface area contributed by atoms with Crippen molar-refractivity contribution in [2.24, 2.45) is 0 Å². The van der Waals surface area contributed by atoms with Crippen molar-refractivity contribution in [2.45, 2.75) is 53.6 Å². The SMILES string of the molecule is Cc1ccc(NC(=O)C(C)OC(=O)CCC(=O)c2cc(C)sc2C)c(C)c1. The van der Waals surface area contributed by atoms with Gasteiger partial charge in [-0.1, -0.05) is 17.7 Å². The van der Waals surface area contributed by atoms with E-state index in [1.54, 1.807) is 11.3 Å². The Morgan fingerprint density at radius 3 is 2.37 bits per heavy atom. The third kappa shape index (κ3) is 5.76. The second kappa shape index (κ2) is 8.95. The summed E-state index contributed by atoms with van der Waals surface area (Å²) in [6, 6.07) is 7.53. The fourth-order valence-electron chi connectivity index (χ4n) is 2.76. The Labute approximate surface area is 163 Å². The van der Waals surface area contributed by atoms with Gasteiger partial charge in [0, 0.05) is 27.4 Å². The van der Waals surface area contributed by atoms with Gasteiger partial charge in [-0.05, 0) is 52.3 Å². The molecule has 1 N–H and O–H groups in total. The van der Waals surface area contributed by atoms with Gasteiger partial charge in [0.1, 0.15) is 0 Å². The zero-order valence-electron chi connectivity index (χ0n) is 16.3. The molecule has 1 unspecified atom stereocenters. The largest absolute Gasteiger partial charge is 0.453 e. The molecular weight excluding hydrogens is 362 g/mol. The maximum absolute atomic E-state index is 12.2. The predicted octanol–water partition coefficient (Wildman–Crippen LogP) is 4.52. The van der Waals surface area contributed by atoms with Crippen LogP contribution in [0, 0.1) is 27.7 Å². The van der Waals surface area contributed by atoms with Crippen molar-refractivity contribution < 1.29 is 19.1 Å². The van der Waals surface area contributed by atoms with Crippen LogP contribution in [0.3, 0.4) is 0 Å². The van der Waals surface area contributed by atoms with Gasteiger partial charge in [-0.2, -0.15) is 0 Å². The van der Waals surface area contributed by atoms with Crippen molar-refractivity contribution >= 4 is 34.7 Å². The molecule has 2 aromatic rings. The summed E-state index contributed by atoms with van der Waals surface area (Å²) in [6.45, 7) is 9.23. The highest BCUT2D eigenvalue weighted by atomic mass is 32.1. The predicted molar refractivity (Wildman–Crippen MR) is 107 cm³/mol. The number of Topliss-reactive ketones (excluding diaryl/α,β-unsaturated/α-hetero) is 1. The molecule has 0 saturated heterocycles.